The molecular formula is C24H32N2O4S. The number of carbonyl (C=O) groups excluding carboxylic acids is 1. The number of nitrogens with zero attached hydrogens (tertiary/aromatic N) is 1. The fourth-order valence-electron chi connectivity index (χ4n) is 3.89. The zero-order valence-electron chi connectivity index (χ0n) is 18.1. The first-order valence-corrected chi connectivity index (χ1v) is 12.5. The van der Waals surface area contributed by atoms with Gasteiger partial charge in [0.15, 0.2) is 0 Å². The van der Waals surface area contributed by atoms with Crippen LogP contribution in [0.4, 0.5) is 0 Å². The molecule has 1 aliphatic rings. The molecule has 0 radical (unpaired) electrons. The summed E-state index contributed by atoms with van der Waals surface area (Å²) in [6, 6.07) is 16.5. The first-order valence-electron chi connectivity index (χ1n) is 11.0. The van der Waals surface area contributed by atoms with Crippen LogP contribution in [-0.4, -0.2) is 45.5 Å². The molecule has 31 heavy (non-hydrogen) atoms. The highest BCUT2D eigenvalue weighted by Crippen LogP contribution is 2.23. The molecule has 3 rings (SSSR count). The van der Waals surface area contributed by atoms with Gasteiger partial charge < -0.3 is 9.64 Å². The molecular weight excluding hydrogens is 412 g/mol. The molecule has 2 aromatic rings. The SMILES string of the molecule is CCOc1ccc(CCC2CCN(C(=O)CCNS(=O)(=O)c3ccccc3)CC2)cc1. The first-order chi connectivity index (χ1) is 15.0. The van der Waals surface area contributed by atoms with Crippen molar-refractivity contribution in [2.45, 2.75) is 43.9 Å². The summed E-state index contributed by atoms with van der Waals surface area (Å²) in [5, 5.41) is 0. The van der Waals surface area contributed by atoms with Crippen molar-refractivity contribution in [1.29, 1.82) is 0 Å². The van der Waals surface area contributed by atoms with E-state index in [1.807, 2.05) is 24.0 Å². The molecule has 6 nitrogen and oxygen atoms in total. The van der Waals surface area contributed by atoms with E-state index in [0.717, 1.165) is 44.5 Å². The zero-order chi connectivity index (χ0) is 22.1. The number of benzene rings is 2. The maximum Gasteiger partial charge on any atom is 0.240 e. The Bertz CT molecular complexity index is 922. The number of sulfonamides is 1. The normalized spacial score (nSPS) is 15.1. The van der Waals surface area contributed by atoms with Crippen molar-refractivity contribution < 1.29 is 17.9 Å². The van der Waals surface area contributed by atoms with E-state index in [0.29, 0.717) is 12.5 Å². The van der Waals surface area contributed by atoms with Crippen LogP contribution in [0.1, 0.15) is 38.2 Å². The molecule has 0 unspecified atom stereocenters. The standard InChI is InChI=1S/C24H32N2O4S/c1-2-30-22-12-10-20(11-13-22)8-9-21-15-18-26(19-16-21)24(27)14-17-25-31(28,29)23-6-4-3-5-7-23/h3-7,10-13,21,25H,2,8-9,14-19H2,1H3. The maximum atomic E-state index is 12.5. The molecule has 0 atom stereocenters. The molecule has 0 bridgehead atoms. The Labute approximate surface area is 185 Å². The Morgan fingerprint density at radius 2 is 1.74 bits per heavy atom. The minimum atomic E-state index is -3.56. The number of hydrogen-bond donors (Lipinski definition) is 1. The van der Waals surface area contributed by atoms with Crippen LogP contribution in [0.5, 0.6) is 5.75 Å². The minimum absolute atomic E-state index is 0.0146. The predicted molar refractivity (Wildman–Crippen MR) is 121 cm³/mol. The molecule has 1 fully saturated rings. The summed E-state index contributed by atoms with van der Waals surface area (Å²) in [6.07, 6.45) is 4.33. The molecule has 0 aromatic heterocycles. The van der Waals surface area contributed by atoms with Crippen molar-refractivity contribution in [3.05, 3.63) is 60.2 Å². The van der Waals surface area contributed by atoms with Gasteiger partial charge in [0.25, 0.3) is 0 Å². The number of piperidine rings is 1. The number of aryl methyl sites for hydroxylation is 1. The van der Waals surface area contributed by atoms with Crippen molar-refractivity contribution in [3.63, 3.8) is 0 Å². The van der Waals surface area contributed by atoms with Crippen LogP contribution in [0.2, 0.25) is 0 Å². The highest BCUT2D eigenvalue weighted by molar-refractivity contribution is 7.89. The molecule has 0 aliphatic carbocycles. The van der Waals surface area contributed by atoms with E-state index >= 15 is 0 Å². The quantitative estimate of drug-likeness (QED) is 0.607. The van der Waals surface area contributed by atoms with Crippen LogP contribution < -0.4 is 9.46 Å². The van der Waals surface area contributed by atoms with Gasteiger partial charge in [0.2, 0.25) is 15.9 Å². The molecule has 1 saturated heterocycles. The lowest BCUT2D eigenvalue weighted by atomic mass is 9.90. The van der Waals surface area contributed by atoms with Crippen molar-refractivity contribution in [2.75, 3.05) is 26.2 Å². The van der Waals surface area contributed by atoms with Gasteiger partial charge >= 0.3 is 0 Å². The first kappa shape index (κ1) is 23.3. The lowest BCUT2D eigenvalue weighted by Crippen LogP contribution is -2.40. The van der Waals surface area contributed by atoms with Crippen LogP contribution >= 0.6 is 0 Å². The van der Waals surface area contributed by atoms with Crippen LogP contribution in [0.3, 0.4) is 0 Å². The largest absolute Gasteiger partial charge is 0.494 e. The lowest BCUT2D eigenvalue weighted by molar-refractivity contribution is -0.132. The van der Waals surface area contributed by atoms with Crippen LogP contribution in [-0.2, 0) is 21.2 Å². The van der Waals surface area contributed by atoms with Gasteiger partial charge in [0.05, 0.1) is 11.5 Å². The summed E-state index contributed by atoms with van der Waals surface area (Å²) >= 11 is 0. The Kier molecular flexibility index (Phi) is 8.49. The van der Waals surface area contributed by atoms with Crippen molar-refractivity contribution >= 4 is 15.9 Å². The summed E-state index contributed by atoms with van der Waals surface area (Å²) in [5.74, 6) is 1.54. The highest BCUT2D eigenvalue weighted by Gasteiger charge is 2.23. The topological polar surface area (TPSA) is 75.7 Å². The number of amides is 1. The van der Waals surface area contributed by atoms with Crippen LogP contribution in [0.15, 0.2) is 59.5 Å². The summed E-state index contributed by atoms with van der Waals surface area (Å²) < 4.78 is 32.5. The fourth-order valence-corrected chi connectivity index (χ4v) is 4.95. The summed E-state index contributed by atoms with van der Waals surface area (Å²) in [7, 11) is -3.56. The van der Waals surface area contributed by atoms with Gasteiger partial charge in [0.1, 0.15) is 5.75 Å². The Hall–Kier alpha value is -2.38. The molecule has 1 heterocycles. The number of carbonyl (C=O) groups is 1. The molecule has 1 aliphatic heterocycles. The minimum Gasteiger partial charge on any atom is -0.494 e. The van der Waals surface area contributed by atoms with E-state index in [2.05, 4.69) is 16.9 Å². The average Bonchev–Trinajstić information content (AvgIpc) is 2.79. The van der Waals surface area contributed by atoms with Gasteiger partial charge in [-0.25, -0.2) is 13.1 Å². The smallest absolute Gasteiger partial charge is 0.240 e. The lowest BCUT2D eigenvalue weighted by Gasteiger charge is -2.32. The van der Waals surface area contributed by atoms with E-state index in [4.69, 9.17) is 4.74 Å². The molecule has 2 aromatic carbocycles. The third-order valence-corrected chi connectivity index (χ3v) is 7.20. The van der Waals surface area contributed by atoms with Crippen molar-refractivity contribution in [1.82, 2.24) is 9.62 Å². The van der Waals surface area contributed by atoms with Gasteiger partial charge in [-0.1, -0.05) is 30.3 Å². The summed E-state index contributed by atoms with van der Waals surface area (Å²) in [5.41, 5.74) is 1.31. The van der Waals surface area contributed by atoms with Gasteiger partial charge in [0, 0.05) is 26.1 Å². The second-order valence-electron chi connectivity index (χ2n) is 7.90. The summed E-state index contributed by atoms with van der Waals surface area (Å²) in [4.78, 5) is 14.6. The van der Waals surface area contributed by atoms with Crippen LogP contribution in [0.25, 0.3) is 0 Å². The Morgan fingerprint density at radius 1 is 1.06 bits per heavy atom. The van der Waals surface area contributed by atoms with Crippen LogP contribution in [0, 0.1) is 5.92 Å². The predicted octanol–water partition coefficient (Wildman–Crippen LogP) is 3.63. The Balaban J connectivity index is 1.35. The number of likely N-dealkylation sites (tertiary alicyclic amines) is 1. The van der Waals surface area contributed by atoms with E-state index in [-0.39, 0.29) is 23.8 Å². The van der Waals surface area contributed by atoms with E-state index in [1.165, 1.54) is 5.56 Å². The van der Waals surface area contributed by atoms with Gasteiger partial charge in [-0.2, -0.15) is 0 Å². The third-order valence-electron chi connectivity index (χ3n) is 5.73. The average molecular weight is 445 g/mol. The number of hydrogen-bond acceptors (Lipinski definition) is 4. The maximum absolute atomic E-state index is 12.5. The van der Waals surface area contributed by atoms with Gasteiger partial charge in [-0.3, -0.25) is 4.79 Å². The zero-order valence-corrected chi connectivity index (χ0v) is 18.9. The molecule has 168 valence electrons. The third kappa shape index (κ3) is 7.08. The number of ether oxygens (including phenoxy) is 1. The molecule has 0 spiro atoms. The van der Waals surface area contributed by atoms with E-state index < -0.39 is 10.0 Å². The highest BCUT2D eigenvalue weighted by atomic mass is 32.2. The molecule has 0 saturated carbocycles. The van der Waals surface area contributed by atoms with E-state index in [9.17, 15) is 13.2 Å². The van der Waals surface area contributed by atoms with Crippen molar-refractivity contribution in [3.8, 4) is 5.75 Å². The second-order valence-corrected chi connectivity index (χ2v) is 9.67. The Morgan fingerprint density at radius 3 is 2.39 bits per heavy atom. The van der Waals surface area contributed by atoms with Gasteiger partial charge in [-0.05, 0) is 68.4 Å². The molecule has 7 heteroatoms. The number of rotatable bonds is 10. The molecule has 1 N–H and O–H groups in total. The summed E-state index contributed by atoms with van der Waals surface area (Å²) in [6.45, 7) is 4.27. The monoisotopic (exact) mass is 444 g/mol. The van der Waals surface area contributed by atoms with E-state index in [1.54, 1.807) is 30.3 Å². The number of nitrogens with one attached hydrogen (secondary N) is 1. The van der Waals surface area contributed by atoms with Crippen molar-refractivity contribution in [2.24, 2.45) is 5.92 Å². The fraction of sp³-hybridized carbons (Fsp3) is 0.458. The second kappa shape index (κ2) is 11.3. The molecule has 1 amide bonds. The van der Waals surface area contributed by atoms with Gasteiger partial charge in [-0.15, -0.1) is 0 Å².